The van der Waals surface area contributed by atoms with Gasteiger partial charge in [-0.3, -0.25) is 0 Å². The number of anilines is 1. The molecule has 0 saturated carbocycles. The number of aromatic amines is 1. The van der Waals surface area contributed by atoms with Gasteiger partial charge in [0.2, 0.25) is 5.28 Å². The van der Waals surface area contributed by atoms with E-state index in [9.17, 15) is 0 Å². The Morgan fingerprint density at radius 1 is 1.56 bits per heavy atom. The Kier molecular flexibility index (Phi) is 3.21. The highest BCUT2D eigenvalue weighted by Gasteiger charge is 2.10. The Balaban J connectivity index is 2.31. The minimum Gasteiger partial charge on any atom is -0.396 e. The molecule has 2 aromatic heterocycles. The van der Waals surface area contributed by atoms with Crippen LogP contribution in [0.5, 0.6) is 0 Å². The van der Waals surface area contributed by atoms with Gasteiger partial charge in [-0.15, -0.1) is 0 Å². The van der Waals surface area contributed by atoms with Gasteiger partial charge in [0.1, 0.15) is 5.52 Å². The summed E-state index contributed by atoms with van der Waals surface area (Å²) in [5, 5.41) is 12.1. The molecule has 0 fully saturated rings. The third kappa shape index (κ3) is 2.23. The molecule has 16 heavy (non-hydrogen) atoms. The SMILES string of the molecule is CC(CCO)Nc1nc(Cl)nc2nc[nH]c12. The second-order valence-electron chi connectivity index (χ2n) is 3.50. The number of hydrogen-bond acceptors (Lipinski definition) is 5. The van der Waals surface area contributed by atoms with Crippen LogP contribution < -0.4 is 5.32 Å². The second kappa shape index (κ2) is 4.63. The normalized spacial score (nSPS) is 12.9. The molecule has 0 radical (unpaired) electrons. The molecule has 0 saturated heterocycles. The molecule has 0 bridgehead atoms. The molecule has 3 N–H and O–H groups in total. The Bertz CT molecular complexity index is 486. The van der Waals surface area contributed by atoms with Gasteiger partial charge in [0.05, 0.1) is 6.33 Å². The van der Waals surface area contributed by atoms with E-state index in [2.05, 4.69) is 25.3 Å². The van der Waals surface area contributed by atoms with Gasteiger partial charge in [-0.25, -0.2) is 4.98 Å². The predicted molar refractivity (Wildman–Crippen MR) is 61.5 cm³/mol. The van der Waals surface area contributed by atoms with E-state index in [0.717, 1.165) is 0 Å². The third-order valence-electron chi connectivity index (χ3n) is 2.20. The minimum atomic E-state index is 0.0995. The fourth-order valence-corrected chi connectivity index (χ4v) is 1.57. The molecule has 1 atom stereocenters. The summed E-state index contributed by atoms with van der Waals surface area (Å²) in [5.41, 5.74) is 1.24. The Hall–Kier alpha value is -1.40. The molecule has 86 valence electrons. The lowest BCUT2D eigenvalue weighted by atomic mass is 10.2. The lowest BCUT2D eigenvalue weighted by Crippen LogP contribution is -2.17. The van der Waals surface area contributed by atoms with Gasteiger partial charge in [0, 0.05) is 12.6 Å². The number of aromatic nitrogens is 4. The van der Waals surface area contributed by atoms with Crippen molar-refractivity contribution < 1.29 is 5.11 Å². The number of nitrogens with one attached hydrogen (secondary N) is 2. The first-order chi connectivity index (χ1) is 7.70. The summed E-state index contributed by atoms with van der Waals surface area (Å²) in [4.78, 5) is 15.0. The topological polar surface area (TPSA) is 86.7 Å². The smallest absolute Gasteiger partial charge is 0.226 e. The maximum atomic E-state index is 8.82. The fourth-order valence-electron chi connectivity index (χ4n) is 1.41. The summed E-state index contributed by atoms with van der Waals surface area (Å²) in [7, 11) is 0. The summed E-state index contributed by atoms with van der Waals surface area (Å²) in [5.74, 6) is 0.605. The first-order valence-electron chi connectivity index (χ1n) is 4.94. The maximum Gasteiger partial charge on any atom is 0.226 e. The number of halogens is 1. The number of imidazole rings is 1. The van der Waals surface area contributed by atoms with E-state index >= 15 is 0 Å². The molecule has 0 spiro atoms. The number of fused-ring (bicyclic) bond motifs is 1. The van der Waals surface area contributed by atoms with Crippen LogP contribution >= 0.6 is 11.6 Å². The van der Waals surface area contributed by atoms with Crippen molar-refractivity contribution in [2.45, 2.75) is 19.4 Å². The maximum absolute atomic E-state index is 8.82. The summed E-state index contributed by atoms with van der Waals surface area (Å²) < 4.78 is 0. The van der Waals surface area contributed by atoms with Crippen LogP contribution in [0.2, 0.25) is 5.28 Å². The fraction of sp³-hybridized carbons (Fsp3) is 0.444. The van der Waals surface area contributed by atoms with Crippen molar-refractivity contribution in [1.82, 2.24) is 19.9 Å². The zero-order valence-electron chi connectivity index (χ0n) is 8.74. The molecule has 7 heteroatoms. The number of aliphatic hydroxyl groups is 1. The van der Waals surface area contributed by atoms with Gasteiger partial charge in [-0.05, 0) is 24.9 Å². The third-order valence-corrected chi connectivity index (χ3v) is 2.37. The van der Waals surface area contributed by atoms with Crippen molar-refractivity contribution in [2.24, 2.45) is 0 Å². The van der Waals surface area contributed by atoms with E-state index in [-0.39, 0.29) is 17.9 Å². The van der Waals surface area contributed by atoms with Gasteiger partial charge in [-0.1, -0.05) is 0 Å². The van der Waals surface area contributed by atoms with E-state index in [0.29, 0.717) is 23.4 Å². The van der Waals surface area contributed by atoms with Gasteiger partial charge in [0.15, 0.2) is 11.5 Å². The van der Waals surface area contributed by atoms with Crippen molar-refractivity contribution in [2.75, 3.05) is 11.9 Å². The molecule has 0 aliphatic rings. The average molecular weight is 242 g/mol. The summed E-state index contributed by atoms with van der Waals surface area (Å²) in [6.45, 7) is 2.08. The highest BCUT2D eigenvalue weighted by Crippen LogP contribution is 2.19. The Labute approximate surface area is 97.1 Å². The molecular formula is C9H12ClN5O. The Morgan fingerprint density at radius 3 is 3.12 bits per heavy atom. The standard InChI is InChI=1S/C9H12ClN5O/c1-5(2-3-16)13-8-6-7(12-4-11-6)14-9(10)15-8/h4-5,16H,2-3H2,1H3,(H2,11,12,13,14,15). The molecule has 0 aliphatic carbocycles. The molecule has 2 aromatic rings. The van der Waals surface area contributed by atoms with E-state index in [4.69, 9.17) is 16.7 Å². The highest BCUT2D eigenvalue weighted by molar-refractivity contribution is 6.28. The van der Waals surface area contributed by atoms with Gasteiger partial charge < -0.3 is 15.4 Å². The summed E-state index contributed by atoms with van der Waals surface area (Å²) >= 11 is 5.78. The largest absolute Gasteiger partial charge is 0.396 e. The van der Waals surface area contributed by atoms with Crippen LogP contribution in [0.25, 0.3) is 11.2 Å². The van der Waals surface area contributed by atoms with Gasteiger partial charge in [0.25, 0.3) is 0 Å². The molecule has 1 unspecified atom stereocenters. The quantitative estimate of drug-likeness (QED) is 0.700. The van der Waals surface area contributed by atoms with E-state index in [1.54, 1.807) is 0 Å². The van der Waals surface area contributed by atoms with Crippen molar-refractivity contribution in [3.05, 3.63) is 11.6 Å². The van der Waals surface area contributed by atoms with Crippen LogP contribution in [0.1, 0.15) is 13.3 Å². The predicted octanol–water partition coefficient (Wildman–Crippen LogP) is 1.19. The zero-order valence-corrected chi connectivity index (χ0v) is 9.49. The van der Waals surface area contributed by atoms with E-state index in [1.165, 1.54) is 6.33 Å². The van der Waals surface area contributed by atoms with Gasteiger partial charge >= 0.3 is 0 Å². The molecule has 6 nitrogen and oxygen atoms in total. The minimum absolute atomic E-state index is 0.0995. The van der Waals surface area contributed by atoms with Crippen molar-refractivity contribution in [3.63, 3.8) is 0 Å². The average Bonchev–Trinajstić information content (AvgIpc) is 2.65. The van der Waals surface area contributed by atoms with E-state index < -0.39 is 0 Å². The molecular weight excluding hydrogens is 230 g/mol. The molecule has 0 amide bonds. The van der Waals surface area contributed by atoms with E-state index in [1.807, 2.05) is 6.92 Å². The lowest BCUT2D eigenvalue weighted by Gasteiger charge is -2.13. The van der Waals surface area contributed by atoms with Crippen LogP contribution in [0, 0.1) is 0 Å². The number of hydrogen-bond donors (Lipinski definition) is 3. The first-order valence-corrected chi connectivity index (χ1v) is 5.32. The zero-order chi connectivity index (χ0) is 11.5. The molecule has 0 aliphatic heterocycles. The van der Waals surface area contributed by atoms with Crippen molar-refractivity contribution in [1.29, 1.82) is 0 Å². The summed E-state index contributed by atoms with van der Waals surface area (Å²) in [6.07, 6.45) is 2.18. The molecule has 2 heterocycles. The number of aliphatic hydroxyl groups excluding tert-OH is 1. The van der Waals surface area contributed by atoms with Gasteiger partial charge in [-0.2, -0.15) is 9.97 Å². The monoisotopic (exact) mass is 241 g/mol. The highest BCUT2D eigenvalue weighted by atomic mass is 35.5. The van der Waals surface area contributed by atoms with Crippen LogP contribution in [-0.2, 0) is 0 Å². The molecule has 0 aromatic carbocycles. The number of rotatable bonds is 4. The van der Waals surface area contributed by atoms with Crippen LogP contribution in [0.4, 0.5) is 5.82 Å². The van der Waals surface area contributed by atoms with Crippen LogP contribution in [0.15, 0.2) is 6.33 Å². The number of nitrogens with zero attached hydrogens (tertiary/aromatic N) is 3. The van der Waals surface area contributed by atoms with Crippen LogP contribution in [0.3, 0.4) is 0 Å². The van der Waals surface area contributed by atoms with Crippen molar-refractivity contribution in [3.8, 4) is 0 Å². The lowest BCUT2D eigenvalue weighted by molar-refractivity contribution is 0.282. The van der Waals surface area contributed by atoms with Crippen molar-refractivity contribution >= 4 is 28.6 Å². The Morgan fingerprint density at radius 2 is 2.38 bits per heavy atom. The molecule has 2 rings (SSSR count). The van der Waals surface area contributed by atoms with Crippen LogP contribution in [-0.4, -0.2) is 37.7 Å². The number of H-pyrrole nitrogens is 1. The first kappa shape index (κ1) is 11.1. The summed E-state index contributed by atoms with van der Waals surface area (Å²) in [6, 6.07) is 0.0995. The second-order valence-corrected chi connectivity index (χ2v) is 3.84.